The second-order valence-electron chi connectivity index (χ2n) is 7.73. The number of carbonyl (C=O) groups is 1. The summed E-state index contributed by atoms with van der Waals surface area (Å²) in [6, 6.07) is 14.4. The van der Waals surface area contributed by atoms with E-state index < -0.39 is 0 Å². The van der Waals surface area contributed by atoms with Crippen molar-refractivity contribution in [1.82, 2.24) is 9.55 Å². The number of carbonyl (C=O) groups excluding carboxylic acids is 1. The van der Waals surface area contributed by atoms with Crippen LogP contribution in [0.1, 0.15) is 43.6 Å². The Morgan fingerprint density at radius 3 is 2.31 bits per heavy atom. The molecule has 0 aliphatic rings. The van der Waals surface area contributed by atoms with Gasteiger partial charge in [-0.25, -0.2) is 4.98 Å². The zero-order chi connectivity index (χ0) is 21.0. The predicted octanol–water partition coefficient (Wildman–Crippen LogP) is 4.61. The van der Waals surface area contributed by atoms with Gasteiger partial charge >= 0.3 is 5.56 Å². The number of anilines is 1. The number of hydrogen-bond donors (Lipinski definition) is 1. The minimum absolute atomic E-state index is 0.0186. The van der Waals surface area contributed by atoms with E-state index in [9.17, 15) is 9.59 Å². The molecular weight excluding hydrogens is 366 g/mol. The molecule has 3 rings (SSSR count). The lowest BCUT2D eigenvalue weighted by Gasteiger charge is -2.19. The predicted molar refractivity (Wildman–Crippen MR) is 114 cm³/mol. The van der Waals surface area contributed by atoms with Crippen LogP contribution in [0.15, 0.2) is 65.7 Å². The number of ether oxygens (including phenoxy) is 1. The molecule has 6 heteroatoms. The maximum absolute atomic E-state index is 12.5. The number of rotatable bonds is 5. The molecule has 0 unspecified atom stereocenters. The monoisotopic (exact) mass is 391 g/mol. The maximum atomic E-state index is 12.5. The van der Waals surface area contributed by atoms with E-state index in [4.69, 9.17) is 4.74 Å². The van der Waals surface area contributed by atoms with Gasteiger partial charge in [0.2, 0.25) is 0 Å². The van der Waals surface area contributed by atoms with Crippen LogP contribution in [0.3, 0.4) is 0 Å². The zero-order valence-corrected chi connectivity index (χ0v) is 17.1. The average molecular weight is 391 g/mol. The Morgan fingerprint density at radius 1 is 1.07 bits per heavy atom. The van der Waals surface area contributed by atoms with Crippen LogP contribution in [0.2, 0.25) is 0 Å². The van der Waals surface area contributed by atoms with Gasteiger partial charge in [-0.1, -0.05) is 32.9 Å². The van der Waals surface area contributed by atoms with Crippen LogP contribution in [-0.4, -0.2) is 15.5 Å². The third-order valence-corrected chi connectivity index (χ3v) is 4.56. The zero-order valence-electron chi connectivity index (χ0n) is 17.1. The van der Waals surface area contributed by atoms with E-state index in [0.29, 0.717) is 23.5 Å². The fourth-order valence-corrected chi connectivity index (χ4v) is 2.79. The van der Waals surface area contributed by atoms with Crippen LogP contribution in [0, 0.1) is 0 Å². The third kappa shape index (κ3) is 4.90. The number of aryl methyl sites for hydroxylation is 1. The molecule has 0 atom stereocenters. The minimum atomic E-state index is -0.286. The molecule has 3 aromatic rings. The van der Waals surface area contributed by atoms with Crippen molar-refractivity contribution in [2.45, 2.75) is 39.7 Å². The lowest BCUT2D eigenvalue weighted by Crippen LogP contribution is -2.20. The molecule has 150 valence electrons. The van der Waals surface area contributed by atoms with Crippen molar-refractivity contribution in [3.63, 3.8) is 0 Å². The Kier molecular flexibility index (Phi) is 5.82. The number of amides is 1. The van der Waals surface area contributed by atoms with Crippen LogP contribution in [0.5, 0.6) is 11.6 Å². The molecule has 1 aromatic heterocycles. The Balaban J connectivity index is 1.68. The summed E-state index contributed by atoms with van der Waals surface area (Å²) < 4.78 is 7.10. The van der Waals surface area contributed by atoms with Crippen LogP contribution in [0.25, 0.3) is 0 Å². The smallest absolute Gasteiger partial charge is 0.313 e. The van der Waals surface area contributed by atoms with Gasteiger partial charge in [0.1, 0.15) is 5.75 Å². The van der Waals surface area contributed by atoms with Crippen molar-refractivity contribution >= 4 is 11.6 Å². The van der Waals surface area contributed by atoms with E-state index in [0.717, 1.165) is 0 Å². The summed E-state index contributed by atoms with van der Waals surface area (Å²) in [6.07, 6.45) is 3.14. The number of hydrogen-bond acceptors (Lipinski definition) is 4. The van der Waals surface area contributed by atoms with Gasteiger partial charge in [0.15, 0.2) is 0 Å². The van der Waals surface area contributed by atoms with Crippen molar-refractivity contribution in [2.24, 2.45) is 0 Å². The van der Waals surface area contributed by atoms with Crippen molar-refractivity contribution in [3.05, 3.63) is 82.4 Å². The van der Waals surface area contributed by atoms with Gasteiger partial charge in [0.05, 0.1) is 0 Å². The first-order valence-electron chi connectivity index (χ1n) is 9.53. The van der Waals surface area contributed by atoms with E-state index in [1.54, 1.807) is 30.5 Å². The summed E-state index contributed by atoms with van der Waals surface area (Å²) in [7, 11) is 0. The van der Waals surface area contributed by atoms with E-state index in [-0.39, 0.29) is 22.8 Å². The molecule has 0 bridgehead atoms. The molecule has 0 saturated carbocycles. The van der Waals surface area contributed by atoms with Crippen molar-refractivity contribution in [2.75, 3.05) is 5.32 Å². The molecule has 2 aromatic carbocycles. The Hall–Kier alpha value is -3.41. The highest BCUT2D eigenvalue weighted by Crippen LogP contribution is 2.23. The molecule has 0 spiro atoms. The molecule has 0 saturated heterocycles. The van der Waals surface area contributed by atoms with Crippen LogP contribution >= 0.6 is 0 Å². The molecule has 0 aliphatic heterocycles. The fraction of sp³-hybridized carbons (Fsp3) is 0.261. The first kappa shape index (κ1) is 20.3. The minimum Gasteiger partial charge on any atom is -0.435 e. The molecule has 1 N–H and O–H groups in total. The molecular formula is C23H25N3O3. The van der Waals surface area contributed by atoms with Crippen molar-refractivity contribution < 1.29 is 9.53 Å². The van der Waals surface area contributed by atoms with Gasteiger partial charge in [0, 0.05) is 30.2 Å². The molecule has 0 radical (unpaired) electrons. The van der Waals surface area contributed by atoms with Crippen LogP contribution in [-0.2, 0) is 12.0 Å². The van der Waals surface area contributed by atoms with Gasteiger partial charge in [-0.3, -0.25) is 9.59 Å². The molecule has 6 nitrogen and oxygen atoms in total. The molecule has 0 aliphatic carbocycles. The van der Waals surface area contributed by atoms with Gasteiger partial charge in [-0.2, -0.15) is 0 Å². The number of benzene rings is 2. The topological polar surface area (TPSA) is 73.2 Å². The summed E-state index contributed by atoms with van der Waals surface area (Å²) >= 11 is 0. The first-order valence-corrected chi connectivity index (χ1v) is 9.53. The summed E-state index contributed by atoms with van der Waals surface area (Å²) in [5, 5.41) is 2.86. The fourth-order valence-electron chi connectivity index (χ4n) is 2.79. The summed E-state index contributed by atoms with van der Waals surface area (Å²) in [4.78, 5) is 28.6. The number of aromatic nitrogens is 2. The number of nitrogens with one attached hydrogen (secondary N) is 1. The second-order valence-corrected chi connectivity index (χ2v) is 7.73. The molecule has 29 heavy (non-hydrogen) atoms. The highest BCUT2D eigenvalue weighted by Gasteiger charge is 2.14. The summed E-state index contributed by atoms with van der Waals surface area (Å²) in [5.74, 6) is 0.302. The highest BCUT2D eigenvalue weighted by atomic mass is 16.5. The SMILES string of the molecule is CCn1ccnc(Oc2ccc(NC(=O)c3ccc(C(C)(C)C)cc3)cc2)c1=O. The normalized spacial score (nSPS) is 11.2. The lowest BCUT2D eigenvalue weighted by molar-refractivity contribution is 0.102. The van der Waals surface area contributed by atoms with E-state index in [1.807, 2.05) is 31.2 Å². The van der Waals surface area contributed by atoms with Gasteiger partial charge in [-0.15, -0.1) is 0 Å². The summed E-state index contributed by atoms with van der Waals surface area (Å²) in [5.41, 5.74) is 2.15. The Morgan fingerprint density at radius 2 is 1.72 bits per heavy atom. The largest absolute Gasteiger partial charge is 0.435 e. The Labute approximate surface area is 170 Å². The van der Waals surface area contributed by atoms with Gasteiger partial charge in [0.25, 0.3) is 11.8 Å². The third-order valence-electron chi connectivity index (χ3n) is 4.56. The maximum Gasteiger partial charge on any atom is 0.313 e. The van der Waals surface area contributed by atoms with Crippen molar-refractivity contribution in [3.8, 4) is 11.6 Å². The molecule has 1 heterocycles. The lowest BCUT2D eigenvalue weighted by atomic mass is 9.87. The van der Waals surface area contributed by atoms with Crippen LogP contribution < -0.4 is 15.6 Å². The standard InChI is InChI=1S/C23H25N3O3/c1-5-26-15-14-24-21(22(26)28)29-19-12-10-18(11-13-19)25-20(27)16-6-8-17(9-7-16)23(2,3)4/h6-15H,5H2,1-4H3,(H,25,27). The first-order chi connectivity index (χ1) is 13.8. The molecule has 0 fully saturated rings. The number of nitrogens with zero attached hydrogens (tertiary/aromatic N) is 2. The quantitative estimate of drug-likeness (QED) is 0.690. The second kappa shape index (κ2) is 8.31. The van der Waals surface area contributed by atoms with E-state index in [2.05, 4.69) is 31.1 Å². The van der Waals surface area contributed by atoms with Crippen LogP contribution in [0.4, 0.5) is 5.69 Å². The van der Waals surface area contributed by atoms with Crippen molar-refractivity contribution in [1.29, 1.82) is 0 Å². The average Bonchev–Trinajstić information content (AvgIpc) is 2.70. The van der Waals surface area contributed by atoms with Gasteiger partial charge in [-0.05, 0) is 54.3 Å². The van der Waals surface area contributed by atoms with Gasteiger partial charge < -0.3 is 14.6 Å². The summed E-state index contributed by atoms with van der Waals surface area (Å²) in [6.45, 7) is 8.81. The highest BCUT2D eigenvalue weighted by molar-refractivity contribution is 6.04. The van der Waals surface area contributed by atoms with E-state index >= 15 is 0 Å². The molecule has 1 amide bonds. The van der Waals surface area contributed by atoms with E-state index in [1.165, 1.54) is 16.3 Å². The Bertz CT molecular complexity index is 1050.